The van der Waals surface area contributed by atoms with Gasteiger partial charge in [0.05, 0.1) is 50.6 Å². The molecule has 46 heavy (non-hydrogen) atoms. The highest BCUT2D eigenvalue weighted by Gasteiger charge is 2.31. The fraction of sp³-hybridized carbons (Fsp3) is 0.0750. The van der Waals surface area contributed by atoms with Gasteiger partial charge in [0.1, 0.15) is 0 Å². The molecule has 0 bridgehead atoms. The van der Waals surface area contributed by atoms with Gasteiger partial charge in [0.2, 0.25) is 0 Å². The molecule has 0 amide bonds. The van der Waals surface area contributed by atoms with E-state index in [-0.39, 0.29) is 5.56 Å². The zero-order valence-corrected chi connectivity index (χ0v) is 25.0. The third-order valence-electron chi connectivity index (χ3n) is 8.88. The molecule has 222 valence electrons. The lowest BCUT2D eigenvalue weighted by Gasteiger charge is -2.20. The third kappa shape index (κ3) is 4.20. The zero-order valence-electron chi connectivity index (χ0n) is 25.0. The second-order valence-corrected chi connectivity index (χ2v) is 11.8. The lowest BCUT2D eigenvalue weighted by molar-refractivity contribution is -0.137. The standard InChI is InChI=1S/C40H26F3N3/c1-24-14-16-31-29-10-3-5-12-34(29)45(36(31)18-24)38-21-27(23-44)33(26-8-7-9-28(20-26)40(41,42)43)22-39(38)46-35-13-6-4-11-30(35)32-17-15-25(2)19-37(32)46/h3-22H,1-2H3. The SMILES string of the molecule is Cc1ccc2c3ccccc3n(-c3cc(C#N)c(-c4cccc(C(F)(F)F)c4)cc3-n3c4ccccc4c4ccc(C)cc43)c2c1. The maximum atomic E-state index is 13.9. The Bertz CT molecular complexity index is 2560. The van der Waals surface area contributed by atoms with Gasteiger partial charge < -0.3 is 9.13 Å². The Labute approximate surface area is 263 Å². The fourth-order valence-corrected chi connectivity index (χ4v) is 6.81. The highest BCUT2D eigenvalue weighted by atomic mass is 19.4. The first-order valence-corrected chi connectivity index (χ1v) is 15.0. The maximum Gasteiger partial charge on any atom is 0.416 e. The molecule has 6 aromatic carbocycles. The summed E-state index contributed by atoms with van der Waals surface area (Å²) in [6.45, 7) is 4.10. The molecule has 2 aromatic heterocycles. The van der Waals surface area contributed by atoms with E-state index in [1.54, 1.807) is 6.07 Å². The van der Waals surface area contributed by atoms with Crippen LogP contribution in [0.3, 0.4) is 0 Å². The Balaban J connectivity index is 1.57. The molecule has 0 saturated carbocycles. The van der Waals surface area contributed by atoms with Crippen LogP contribution >= 0.6 is 0 Å². The van der Waals surface area contributed by atoms with Gasteiger partial charge in [-0.3, -0.25) is 0 Å². The first kappa shape index (κ1) is 27.7. The topological polar surface area (TPSA) is 33.6 Å². The van der Waals surface area contributed by atoms with Gasteiger partial charge in [-0.1, -0.05) is 72.8 Å². The third-order valence-corrected chi connectivity index (χ3v) is 8.88. The number of halogens is 3. The number of nitrogens with zero attached hydrogens (tertiary/aromatic N) is 3. The molecule has 6 heteroatoms. The van der Waals surface area contributed by atoms with Crippen molar-refractivity contribution in [3.63, 3.8) is 0 Å². The summed E-state index contributed by atoms with van der Waals surface area (Å²) in [5.74, 6) is 0. The van der Waals surface area contributed by atoms with Gasteiger partial charge >= 0.3 is 6.18 Å². The van der Waals surface area contributed by atoms with Crippen molar-refractivity contribution < 1.29 is 13.2 Å². The van der Waals surface area contributed by atoms with Crippen LogP contribution in [0.5, 0.6) is 0 Å². The minimum Gasteiger partial charge on any atom is -0.307 e. The van der Waals surface area contributed by atoms with Crippen molar-refractivity contribution in [2.45, 2.75) is 20.0 Å². The van der Waals surface area contributed by atoms with E-state index in [9.17, 15) is 18.4 Å². The molecule has 0 saturated heterocycles. The molecule has 0 aliphatic carbocycles. The molecule has 0 aliphatic rings. The number of hydrogen-bond acceptors (Lipinski definition) is 1. The normalized spacial score (nSPS) is 12.0. The van der Waals surface area contributed by atoms with E-state index in [1.807, 2.05) is 43.3 Å². The van der Waals surface area contributed by atoms with Gasteiger partial charge in [-0.15, -0.1) is 0 Å². The molecule has 0 radical (unpaired) electrons. The molecule has 0 atom stereocenters. The Hall–Kier alpha value is -5.80. The lowest BCUT2D eigenvalue weighted by Crippen LogP contribution is -2.07. The van der Waals surface area contributed by atoms with Crippen LogP contribution in [0.25, 0.3) is 66.1 Å². The fourth-order valence-electron chi connectivity index (χ4n) is 6.81. The van der Waals surface area contributed by atoms with Crippen molar-refractivity contribution in [3.05, 3.63) is 144 Å². The zero-order chi connectivity index (χ0) is 31.7. The first-order valence-electron chi connectivity index (χ1n) is 15.0. The second-order valence-electron chi connectivity index (χ2n) is 11.8. The number of aryl methyl sites for hydroxylation is 2. The van der Waals surface area contributed by atoms with E-state index in [2.05, 4.69) is 82.8 Å². The molecule has 0 N–H and O–H groups in total. The quantitative estimate of drug-likeness (QED) is 0.197. The van der Waals surface area contributed by atoms with Gasteiger partial charge in [-0.2, -0.15) is 18.4 Å². The molecule has 0 spiro atoms. The van der Waals surface area contributed by atoms with Crippen molar-refractivity contribution in [1.82, 2.24) is 9.13 Å². The highest BCUT2D eigenvalue weighted by Crippen LogP contribution is 2.42. The number of nitriles is 1. The van der Waals surface area contributed by atoms with E-state index in [0.29, 0.717) is 11.1 Å². The van der Waals surface area contributed by atoms with Crippen LogP contribution in [0.1, 0.15) is 22.3 Å². The second kappa shape index (κ2) is 10.1. The van der Waals surface area contributed by atoms with Crippen molar-refractivity contribution in [3.8, 4) is 28.6 Å². The van der Waals surface area contributed by atoms with Gasteiger partial charge in [-0.25, -0.2) is 0 Å². The molecule has 3 nitrogen and oxygen atoms in total. The van der Waals surface area contributed by atoms with Crippen LogP contribution < -0.4 is 0 Å². The minimum absolute atomic E-state index is 0.286. The smallest absolute Gasteiger partial charge is 0.307 e. The number of para-hydroxylation sites is 2. The molecule has 8 rings (SSSR count). The van der Waals surface area contributed by atoms with Crippen LogP contribution in [0.15, 0.2) is 121 Å². The number of aromatic nitrogens is 2. The number of rotatable bonds is 3. The van der Waals surface area contributed by atoms with Crippen LogP contribution in [0.4, 0.5) is 13.2 Å². The Kier molecular flexibility index (Phi) is 6.10. The van der Waals surface area contributed by atoms with Crippen molar-refractivity contribution in [2.75, 3.05) is 0 Å². The van der Waals surface area contributed by atoms with E-state index in [4.69, 9.17) is 0 Å². The van der Waals surface area contributed by atoms with E-state index < -0.39 is 11.7 Å². The summed E-state index contributed by atoms with van der Waals surface area (Å²) in [4.78, 5) is 0. The first-order chi connectivity index (χ1) is 22.2. The Morgan fingerprint density at radius 2 is 1.07 bits per heavy atom. The molecular formula is C40H26F3N3. The van der Waals surface area contributed by atoms with E-state index >= 15 is 0 Å². The predicted octanol–water partition coefficient (Wildman–Crippen LogP) is 11.1. The average Bonchev–Trinajstić information content (AvgIpc) is 3.55. The summed E-state index contributed by atoms with van der Waals surface area (Å²) < 4.78 is 45.9. The predicted molar refractivity (Wildman–Crippen MR) is 180 cm³/mol. The van der Waals surface area contributed by atoms with Gasteiger partial charge in [0, 0.05) is 27.1 Å². The van der Waals surface area contributed by atoms with Gasteiger partial charge in [-0.05, 0) is 79.1 Å². The monoisotopic (exact) mass is 605 g/mol. The van der Waals surface area contributed by atoms with Gasteiger partial charge in [0.25, 0.3) is 0 Å². The molecule has 2 heterocycles. The Morgan fingerprint density at radius 3 is 1.61 bits per heavy atom. The lowest BCUT2D eigenvalue weighted by atomic mass is 9.96. The van der Waals surface area contributed by atoms with Crippen LogP contribution in [0.2, 0.25) is 0 Å². The maximum absolute atomic E-state index is 13.9. The van der Waals surface area contributed by atoms with E-state index in [0.717, 1.165) is 78.2 Å². The summed E-state index contributed by atoms with van der Waals surface area (Å²) in [6.07, 6.45) is -4.52. The number of fused-ring (bicyclic) bond motifs is 6. The van der Waals surface area contributed by atoms with Crippen LogP contribution in [-0.2, 0) is 6.18 Å². The highest BCUT2D eigenvalue weighted by molar-refractivity contribution is 6.12. The van der Waals surface area contributed by atoms with Crippen molar-refractivity contribution in [1.29, 1.82) is 5.26 Å². The Morgan fingerprint density at radius 1 is 0.543 bits per heavy atom. The van der Waals surface area contributed by atoms with E-state index in [1.165, 1.54) is 6.07 Å². The van der Waals surface area contributed by atoms with Gasteiger partial charge in [0.15, 0.2) is 0 Å². The van der Waals surface area contributed by atoms with Crippen molar-refractivity contribution in [2.24, 2.45) is 0 Å². The summed E-state index contributed by atoms with van der Waals surface area (Å²) in [6, 6.07) is 40.2. The minimum atomic E-state index is -4.52. The molecule has 0 unspecified atom stereocenters. The van der Waals surface area contributed by atoms with Crippen molar-refractivity contribution >= 4 is 43.6 Å². The molecular weight excluding hydrogens is 579 g/mol. The largest absolute Gasteiger partial charge is 0.416 e. The van der Waals surface area contributed by atoms with Crippen LogP contribution in [-0.4, -0.2) is 9.13 Å². The number of alkyl halides is 3. The summed E-state index contributed by atoms with van der Waals surface area (Å²) in [5.41, 5.74) is 7.85. The molecule has 0 aliphatic heterocycles. The van der Waals surface area contributed by atoms with Crippen LogP contribution in [0, 0.1) is 25.2 Å². The summed E-state index contributed by atoms with van der Waals surface area (Å²) in [5, 5.41) is 14.8. The molecule has 0 fully saturated rings. The number of benzene rings is 6. The number of hydrogen-bond donors (Lipinski definition) is 0. The summed E-state index contributed by atoms with van der Waals surface area (Å²) in [7, 11) is 0. The summed E-state index contributed by atoms with van der Waals surface area (Å²) >= 11 is 0. The average molecular weight is 606 g/mol. The molecule has 8 aromatic rings.